The maximum atomic E-state index is 13.8. The predicted molar refractivity (Wildman–Crippen MR) is 112 cm³/mol. The molecule has 0 atom stereocenters. The summed E-state index contributed by atoms with van der Waals surface area (Å²) in [6.07, 6.45) is -0.141. The number of amides is 2. The summed E-state index contributed by atoms with van der Waals surface area (Å²) in [7, 11) is 0. The Labute approximate surface area is 176 Å². The molecule has 3 aromatic rings. The van der Waals surface area contributed by atoms with Crippen molar-refractivity contribution in [3.05, 3.63) is 87.0 Å². The molecule has 0 aliphatic heterocycles. The Morgan fingerprint density at radius 3 is 2.63 bits per heavy atom. The quantitative estimate of drug-likeness (QED) is 0.627. The van der Waals surface area contributed by atoms with Gasteiger partial charge in [0.15, 0.2) is 0 Å². The minimum atomic E-state index is -0.666. The molecule has 7 nitrogen and oxygen atoms in total. The van der Waals surface area contributed by atoms with Crippen LogP contribution in [0.15, 0.2) is 59.4 Å². The van der Waals surface area contributed by atoms with Gasteiger partial charge in [0.05, 0.1) is 12.2 Å². The van der Waals surface area contributed by atoms with E-state index in [0.717, 1.165) is 16.3 Å². The molecule has 0 spiro atoms. The Kier molecular flexibility index (Phi) is 6.58. The van der Waals surface area contributed by atoms with Crippen molar-refractivity contribution in [2.75, 3.05) is 10.6 Å². The van der Waals surface area contributed by atoms with Crippen molar-refractivity contribution in [2.45, 2.75) is 19.9 Å². The van der Waals surface area contributed by atoms with Gasteiger partial charge in [-0.3, -0.25) is 14.4 Å². The molecule has 9 heteroatoms. The zero-order valence-corrected chi connectivity index (χ0v) is 16.7. The van der Waals surface area contributed by atoms with E-state index in [1.54, 1.807) is 18.2 Å². The topological polar surface area (TPSA) is 93.1 Å². The summed E-state index contributed by atoms with van der Waals surface area (Å²) in [4.78, 5) is 36.5. The Morgan fingerprint density at radius 2 is 1.90 bits per heavy atom. The van der Waals surface area contributed by atoms with Gasteiger partial charge >= 0.3 is 0 Å². The van der Waals surface area contributed by atoms with Crippen molar-refractivity contribution in [1.82, 2.24) is 9.78 Å². The van der Waals surface area contributed by atoms with Crippen LogP contribution in [-0.2, 0) is 11.3 Å². The predicted octanol–water partition coefficient (Wildman–Crippen LogP) is 3.63. The summed E-state index contributed by atoms with van der Waals surface area (Å²) in [5, 5.41) is 9.34. The van der Waals surface area contributed by atoms with Gasteiger partial charge in [0.25, 0.3) is 11.5 Å². The van der Waals surface area contributed by atoms with E-state index >= 15 is 0 Å². The molecule has 2 N–H and O–H groups in total. The first kappa shape index (κ1) is 21.2. The highest BCUT2D eigenvalue weighted by atomic mass is 35.5. The highest BCUT2D eigenvalue weighted by Crippen LogP contribution is 2.19. The van der Waals surface area contributed by atoms with Crippen LogP contribution < -0.4 is 16.2 Å². The molecule has 2 amide bonds. The number of aromatic nitrogens is 2. The zero-order valence-electron chi connectivity index (χ0n) is 16.0. The highest BCUT2D eigenvalue weighted by Gasteiger charge is 2.12. The molecule has 3 rings (SSSR count). The molecule has 0 saturated heterocycles. The van der Waals surface area contributed by atoms with E-state index in [0.29, 0.717) is 5.69 Å². The van der Waals surface area contributed by atoms with Gasteiger partial charge in [0.2, 0.25) is 5.91 Å². The molecule has 0 unspecified atom stereocenters. The van der Waals surface area contributed by atoms with E-state index in [9.17, 15) is 18.8 Å². The normalized spacial score (nSPS) is 10.5. The van der Waals surface area contributed by atoms with Gasteiger partial charge in [-0.05, 0) is 48.9 Å². The van der Waals surface area contributed by atoms with E-state index in [-0.39, 0.29) is 29.4 Å². The van der Waals surface area contributed by atoms with Gasteiger partial charge in [0.1, 0.15) is 11.5 Å². The van der Waals surface area contributed by atoms with Gasteiger partial charge in [-0.1, -0.05) is 23.7 Å². The molecule has 0 fully saturated rings. The van der Waals surface area contributed by atoms with Gasteiger partial charge < -0.3 is 10.6 Å². The first-order valence-corrected chi connectivity index (χ1v) is 9.41. The monoisotopic (exact) mass is 428 g/mol. The summed E-state index contributed by atoms with van der Waals surface area (Å²) in [5.74, 6) is -1.66. The summed E-state index contributed by atoms with van der Waals surface area (Å²) in [6, 6.07) is 13.6. The standard InChI is InChI=1S/C21H18ClFN4O3/c1-13-3-2-4-15(11-13)24-21(30)18-7-8-20(29)27(26-18)10-9-19(28)25-17-6-5-14(22)12-16(17)23/h2-8,11-12H,9-10H2,1H3,(H,24,30)(H,25,28). The van der Waals surface area contributed by atoms with Gasteiger partial charge in [-0.25, -0.2) is 9.07 Å². The lowest BCUT2D eigenvalue weighted by atomic mass is 10.2. The molecule has 0 aliphatic carbocycles. The molecule has 1 heterocycles. The van der Waals surface area contributed by atoms with Crippen molar-refractivity contribution >= 4 is 34.8 Å². The molecule has 0 saturated carbocycles. The Morgan fingerprint density at radius 1 is 1.10 bits per heavy atom. The number of carbonyl (C=O) groups is 2. The van der Waals surface area contributed by atoms with E-state index in [1.807, 2.05) is 13.0 Å². The van der Waals surface area contributed by atoms with Crippen molar-refractivity contribution in [3.63, 3.8) is 0 Å². The van der Waals surface area contributed by atoms with Crippen LogP contribution in [0.1, 0.15) is 22.5 Å². The third-order valence-electron chi connectivity index (χ3n) is 4.13. The molecule has 0 radical (unpaired) electrons. The number of hydrogen-bond donors (Lipinski definition) is 2. The number of anilines is 2. The first-order chi connectivity index (χ1) is 14.3. The third kappa shape index (κ3) is 5.51. The van der Waals surface area contributed by atoms with Crippen molar-refractivity contribution in [3.8, 4) is 0 Å². The van der Waals surface area contributed by atoms with Crippen LogP contribution in [0, 0.1) is 12.7 Å². The molecule has 154 valence electrons. The molecule has 0 aliphatic rings. The fourth-order valence-corrected chi connectivity index (χ4v) is 2.82. The Balaban J connectivity index is 1.65. The number of rotatable bonds is 6. The summed E-state index contributed by atoms with van der Waals surface area (Å²) >= 11 is 5.68. The maximum Gasteiger partial charge on any atom is 0.276 e. The minimum Gasteiger partial charge on any atom is -0.324 e. The van der Waals surface area contributed by atoms with Crippen molar-refractivity contribution < 1.29 is 14.0 Å². The lowest BCUT2D eigenvalue weighted by Crippen LogP contribution is -2.28. The van der Waals surface area contributed by atoms with E-state index < -0.39 is 23.2 Å². The molecular weight excluding hydrogens is 411 g/mol. The number of aryl methyl sites for hydroxylation is 2. The number of benzene rings is 2. The summed E-state index contributed by atoms with van der Waals surface area (Å²) in [5.41, 5.74) is 1.13. The van der Waals surface area contributed by atoms with Gasteiger partial charge in [-0.2, -0.15) is 5.10 Å². The van der Waals surface area contributed by atoms with Crippen LogP contribution >= 0.6 is 11.6 Å². The zero-order chi connectivity index (χ0) is 21.7. The third-order valence-corrected chi connectivity index (χ3v) is 4.37. The number of nitrogens with zero attached hydrogens (tertiary/aromatic N) is 2. The highest BCUT2D eigenvalue weighted by molar-refractivity contribution is 6.30. The van der Waals surface area contributed by atoms with Gasteiger partial charge in [-0.15, -0.1) is 0 Å². The van der Waals surface area contributed by atoms with Crippen LogP contribution in [0.5, 0.6) is 0 Å². The fourth-order valence-electron chi connectivity index (χ4n) is 2.66. The number of halogens is 2. The lowest BCUT2D eigenvalue weighted by Gasteiger charge is -2.09. The second-order valence-electron chi connectivity index (χ2n) is 6.53. The molecule has 2 aromatic carbocycles. The van der Waals surface area contributed by atoms with E-state index in [4.69, 9.17) is 11.6 Å². The fraction of sp³-hybridized carbons (Fsp3) is 0.143. The van der Waals surface area contributed by atoms with E-state index in [2.05, 4.69) is 15.7 Å². The summed E-state index contributed by atoms with van der Waals surface area (Å²) < 4.78 is 14.8. The van der Waals surface area contributed by atoms with Crippen LogP contribution in [0.3, 0.4) is 0 Å². The smallest absolute Gasteiger partial charge is 0.276 e. The number of carbonyl (C=O) groups excluding carboxylic acids is 2. The lowest BCUT2D eigenvalue weighted by molar-refractivity contribution is -0.116. The van der Waals surface area contributed by atoms with Crippen LogP contribution in [-0.4, -0.2) is 21.6 Å². The second kappa shape index (κ2) is 9.32. The average molecular weight is 429 g/mol. The number of hydrogen-bond acceptors (Lipinski definition) is 4. The first-order valence-electron chi connectivity index (χ1n) is 9.03. The Hall–Kier alpha value is -3.52. The van der Waals surface area contributed by atoms with Crippen LogP contribution in [0.2, 0.25) is 5.02 Å². The Bertz CT molecular complexity index is 1160. The second-order valence-corrected chi connectivity index (χ2v) is 6.96. The van der Waals surface area contributed by atoms with Crippen LogP contribution in [0.4, 0.5) is 15.8 Å². The molecule has 30 heavy (non-hydrogen) atoms. The van der Waals surface area contributed by atoms with E-state index in [1.165, 1.54) is 24.3 Å². The van der Waals surface area contributed by atoms with Crippen molar-refractivity contribution in [1.29, 1.82) is 0 Å². The molecule has 0 bridgehead atoms. The number of nitrogens with one attached hydrogen (secondary N) is 2. The van der Waals surface area contributed by atoms with Crippen molar-refractivity contribution in [2.24, 2.45) is 0 Å². The average Bonchev–Trinajstić information content (AvgIpc) is 2.69. The van der Waals surface area contributed by atoms with Crippen LogP contribution in [0.25, 0.3) is 0 Å². The summed E-state index contributed by atoms with van der Waals surface area (Å²) in [6.45, 7) is 1.82. The van der Waals surface area contributed by atoms with Gasteiger partial charge in [0, 0.05) is 23.2 Å². The maximum absolute atomic E-state index is 13.8. The molecular formula is C21H18ClFN4O3. The minimum absolute atomic E-state index is 0.0176. The molecule has 1 aromatic heterocycles. The SMILES string of the molecule is Cc1cccc(NC(=O)c2ccc(=O)n(CCC(=O)Nc3ccc(Cl)cc3F)n2)c1. The largest absolute Gasteiger partial charge is 0.324 e.